The van der Waals surface area contributed by atoms with E-state index in [1.54, 1.807) is 0 Å². The molecule has 0 aromatic heterocycles. The number of allylic oxidation sites excluding steroid dienone is 1. The van der Waals surface area contributed by atoms with Gasteiger partial charge in [-0.25, -0.2) is 0 Å². The zero-order valence-electron chi connectivity index (χ0n) is 10.7. The highest BCUT2D eigenvalue weighted by molar-refractivity contribution is 5.16. The summed E-state index contributed by atoms with van der Waals surface area (Å²) in [7, 11) is 0. The fourth-order valence-electron chi connectivity index (χ4n) is 1.79. The van der Waals surface area contributed by atoms with Crippen molar-refractivity contribution < 1.29 is 0 Å². The van der Waals surface area contributed by atoms with E-state index in [2.05, 4.69) is 52.7 Å². The van der Waals surface area contributed by atoms with Crippen LogP contribution >= 0.6 is 0 Å². The van der Waals surface area contributed by atoms with Gasteiger partial charge in [0.15, 0.2) is 0 Å². The molecule has 0 aromatic rings. The number of hydrogen-bond donors (Lipinski definition) is 1. The first-order valence-corrected chi connectivity index (χ1v) is 5.70. The minimum absolute atomic E-state index is 0.339. The van der Waals surface area contributed by atoms with Gasteiger partial charge >= 0.3 is 0 Å². The maximum Gasteiger partial charge on any atom is 0.0462 e. The molecule has 1 heteroatoms. The highest BCUT2D eigenvalue weighted by atomic mass is 14.9. The van der Waals surface area contributed by atoms with E-state index < -0.39 is 0 Å². The van der Waals surface area contributed by atoms with Crippen LogP contribution in [0, 0.1) is 5.92 Å². The van der Waals surface area contributed by atoms with Gasteiger partial charge in [-0.3, -0.25) is 0 Å². The van der Waals surface area contributed by atoms with Crippen molar-refractivity contribution >= 4 is 0 Å². The van der Waals surface area contributed by atoms with Crippen molar-refractivity contribution in [3.05, 3.63) is 36.6 Å². The van der Waals surface area contributed by atoms with E-state index in [-0.39, 0.29) is 0 Å². The minimum atomic E-state index is 0.339. The molecule has 1 nitrogen and oxygen atoms in total. The van der Waals surface area contributed by atoms with Gasteiger partial charge in [-0.05, 0) is 26.7 Å². The largest absolute Gasteiger partial charge is 0.382 e. The molecule has 0 radical (unpaired) electrons. The van der Waals surface area contributed by atoms with Gasteiger partial charge in [0.2, 0.25) is 0 Å². The topological polar surface area (TPSA) is 12.0 Å². The number of hydrogen-bond acceptors (Lipinski definition) is 1. The van der Waals surface area contributed by atoms with Gasteiger partial charge < -0.3 is 5.32 Å². The second-order valence-electron chi connectivity index (χ2n) is 4.28. The predicted octanol–water partition coefficient (Wildman–Crippen LogP) is 4.05. The third-order valence-electron chi connectivity index (χ3n) is 2.79. The normalized spacial score (nSPS) is 14.1. The average molecular weight is 207 g/mol. The predicted molar refractivity (Wildman–Crippen MR) is 69.8 cm³/mol. The smallest absolute Gasteiger partial charge is 0.0462 e. The molecule has 0 bridgehead atoms. The first-order chi connectivity index (χ1) is 6.93. The molecule has 0 rings (SSSR count). The molecule has 1 N–H and O–H groups in total. The van der Waals surface area contributed by atoms with E-state index in [0.717, 1.165) is 24.1 Å². The van der Waals surface area contributed by atoms with Crippen molar-refractivity contribution in [2.75, 3.05) is 0 Å². The zero-order valence-corrected chi connectivity index (χ0v) is 10.7. The van der Waals surface area contributed by atoms with Crippen LogP contribution in [0.2, 0.25) is 0 Å². The third-order valence-corrected chi connectivity index (χ3v) is 2.79. The molecular formula is C14H25N. The molecule has 0 spiro atoms. The average Bonchev–Trinajstić information content (AvgIpc) is 2.14. The molecule has 0 amide bonds. The lowest BCUT2D eigenvalue weighted by molar-refractivity contribution is 0.548. The molecule has 0 heterocycles. The molecule has 0 aliphatic heterocycles. The Bertz CT molecular complexity index is 250. The molecule has 0 aliphatic carbocycles. The van der Waals surface area contributed by atoms with Gasteiger partial charge in [0.05, 0.1) is 0 Å². The number of nitrogens with one attached hydrogen (secondary N) is 1. The van der Waals surface area contributed by atoms with Crippen molar-refractivity contribution in [1.29, 1.82) is 0 Å². The third kappa shape index (κ3) is 4.37. The molecule has 0 fully saturated rings. The Morgan fingerprint density at radius 2 is 1.53 bits per heavy atom. The van der Waals surface area contributed by atoms with Crippen LogP contribution in [0.15, 0.2) is 36.6 Å². The quantitative estimate of drug-likeness (QED) is 0.621. The molecular weight excluding hydrogens is 182 g/mol. The van der Waals surface area contributed by atoms with Crippen molar-refractivity contribution in [1.82, 2.24) is 5.32 Å². The fourth-order valence-corrected chi connectivity index (χ4v) is 1.79. The fraction of sp³-hybridized carbons (Fsp3) is 0.571. The van der Waals surface area contributed by atoms with Gasteiger partial charge in [0, 0.05) is 17.7 Å². The van der Waals surface area contributed by atoms with Crippen LogP contribution < -0.4 is 5.32 Å². The van der Waals surface area contributed by atoms with Gasteiger partial charge in [0.1, 0.15) is 0 Å². The SMILES string of the molecule is C=C(C)C(CC)NC(=C)C(CC)C(=C)C. The van der Waals surface area contributed by atoms with Crippen LogP contribution in [0.1, 0.15) is 40.5 Å². The summed E-state index contributed by atoms with van der Waals surface area (Å²) in [6, 6.07) is 0.339. The van der Waals surface area contributed by atoms with Crippen LogP contribution in [-0.4, -0.2) is 6.04 Å². The summed E-state index contributed by atoms with van der Waals surface area (Å²) in [5.74, 6) is 0.374. The van der Waals surface area contributed by atoms with Gasteiger partial charge in [-0.1, -0.05) is 44.7 Å². The highest BCUT2D eigenvalue weighted by Gasteiger charge is 2.14. The second kappa shape index (κ2) is 6.49. The van der Waals surface area contributed by atoms with Crippen LogP contribution in [0.25, 0.3) is 0 Å². The molecule has 0 saturated heterocycles. The first kappa shape index (κ1) is 14.0. The molecule has 0 aromatic carbocycles. The summed E-state index contributed by atoms with van der Waals surface area (Å²) in [5, 5.41) is 3.44. The molecule has 86 valence electrons. The lowest BCUT2D eigenvalue weighted by Crippen LogP contribution is -2.31. The molecule has 2 atom stereocenters. The Morgan fingerprint density at radius 3 is 1.80 bits per heavy atom. The van der Waals surface area contributed by atoms with Crippen LogP contribution in [0.4, 0.5) is 0 Å². The summed E-state index contributed by atoms with van der Waals surface area (Å²) >= 11 is 0. The Morgan fingerprint density at radius 1 is 1.00 bits per heavy atom. The van der Waals surface area contributed by atoms with Crippen LogP contribution in [-0.2, 0) is 0 Å². The van der Waals surface area contributed by atoms with Crippen LogP contribution in [0.3, 0.4) is 0 Å². The molecule has 15 heavy (non-hydrogen) atoms. The maximum absolute atomic E-state index is 4.10. The zero-order chi connectivity index (χ0) is 12.0. The summed E-state index contributed by atoms with van der Waals surface area (Å²) in [4.78, 5) is 0. The number of rotatable bonds is 7. The summed E-state index contributed by atoms with van der Waals surface area (Å²) in [6.45, 7) is 20.5. The van der Waals surface area contributed by atoms with E-state index in [1.165, 1.54) is 5.57 Å². The van der Waals surface area contributed by atoms with Crippen molar-refractivity contribution in [3.8, 4) is 0 Å². The summed E-state index contributed by atoms with van der Waals surface area (Å²) < 4.78 is 0. The van der Waals surface area contributed by atoms with Crippen molar-refractivity contribution in [2.24, 2.45) is 5.92 Å². The van der Waals surface area contributed by atoms with Crippen molar-refractivity contribution in [3.63, 3.8) is 0 Å². The first-order valence-electron chi connectivity index (χ1n) is 5.70. The standard InChI is InChI=1S/C14H25N/c1-8-13(10(3)4)12(7)15-14(9-2)11(5)6/h13-15H,3,5,7-9H2,1-2,4,6H3. The lowest BCUT2D eigenvalue weighted by Gasteiger charge is -2.25. The summed E-state index contributed by atoms with van der Waals surface area (Å²) in [5.41, 5.74) is 3.40. The van der Waals surface area contributed by atoms with Gasteiger partial charge in [-0.2, -0.15) is 0 Å². The van der Waals surface area contributed by atoms with Gasteiger partial charge in [-0.15, -0.1) is 0 Å². The Kier molecular flexibility index (Phi) is 6.07. The molecule has 0 saturated carbocycles. The highest BCUT2D eigenvalue weighted by Crippen LogP contribution is 2.20. The van der Waals surface area contributed by atoms with Crippen molar-refractivity contribution in [2.45, 2.75) is 46.6 Å². The monoisotopic (exact) mass is 207 g/mol. The van der Waals surface area contributed by atoms with Crippen LogP contribution in [0.5, 0.6) is 0 Å². The summed E-state index contributed by atoms with van der Waals surface area (Å²) in [6.07, 6.45) is 2.09. The van der Waals surface area contributed by atoms with E-state index >= 15 is 0 Å². The second-order valence-corrected chi connectivity index (χ2v) is 4.28. The van der Waals surface area contributed by atoms with E-state index in [1.807, 2.05) is 0 Å². The lowest BCUT2D eigenvalue weighted by atomic mass is 9.94. The van der Waals surface area contributed by atoms with E-state index in [9.17, 15) is 0 Å². The Hall–Kier alpha value is -0.980. The van der Waals surface area contributed by atoms with E-state index in [0.29, 0.717) is 12.0 Å². The molecule has 0 aliphatic rings. The van der Waals surface area contributed by atoms with Gasteiger partial charge in [0.25, 0.3) is 0 Å². The minimum Gasteiger partial charge on any atom is -0.382 e. The Labute approximate surface area is 95.0 Å². The van der Waals surface area contributed by atoms with E-state index in [4.69, 9.17) is 0 Å². The Balaban J connectivity index is 4.45. The maximum atomic E-state index is 4.10. The molecule has 2 unspecified atom stereocenters.